The van der Waals surface area contributed by atoms with Gasteiger partial charge in [-0.1, -0.05) is 35.8 Å². The Balaban J connectivity index is 2.66. The van der Waals surface area contributed by atoms with Crippen molar-refractivity contribution in [3.63, 3.8) is 0 Å². The number of hydrogen-bond donors (Lipinski definition) is 2. The van der Waals surface area contributed by atoms with Gasteiger partial charge < -0.3 is 15.3 Å². The van der Waals surface area contributed by atoms with E-state index in [0.717, 1.165) is 24.0 Å². The van der Waals surface area contributed by atoms with Crippen molar-refractivity contribution in [3.8, 4) is 0 Å². The minimum atomic E-state index is 0.238. The monoisotopic (exact) mass is 314 g/mol. The molecule has 2 N–H and O–H groups in total. The van der Waals surface area contributed by atoms with Gasteiger partial charge in [0.15, 0.2) is 0 Å². The Labute approximate surface area is 118 Å². The Morgan fingerprint density at radius 2 is 2.11 bits per heavy atom. The molecule has 1 aromatic carbocycles. The molecule has 0 amide bonds. The first-order chi connectivity index (χ1) is 8.54. The third-order valence-corrected chi connectivity index (χ3v) is 3.57. The van der Waals surface area contributed by atoms with E-state index < -0.39 is 0 Å². The normalized spacial score (nSPS) is 11.0. The minimum absolute atomic E-state index is 0.238. The van der Waals surface area contributed by atoms with E-state index in [9.17, 15) is 0 Å². The molecule has 0 bridgehead atoms. The van der Waals surface area contributed by atoms with Crippen molar-refractivity contribution in [2.24, 2.45) is 0 Å². The lowest BCUT2D eigenvalue weighted by molar-refractivity contribution is 0.290. The summed E-state index contributed by atoms with van der Waals surface area (Å²) >= 11 is 3.62. The van der Waals surface area contributed by atoms with Crippen molar-refractivity contribution in [2.75, 3.05) is 25.1 Å². The molecule has 0 atom stereocenters. The number of nitrogens with one attached hydrogen (secondary N) is 1. The maximum absolute atomic E-state index is 8.84. The topological polar surface area (TPSA) is 35.5 Å². The summed E-state index contributed by atoms with van der Waals surface area (Å²) in [5.74, 6) is 0. The van der Waals surface area contributed by atoms with Gasteiger partial charge in [0.05, 0.1) is 0 Å². The average molecular weight is 315 g/mol. The quantitative estimate of drug-likeness (QED) is 0.812. The van der Waals surface area contributed by atoms with Crippen LogP contribution in [0.25, 0.3) is 0 Å². The van der Waals surface area contributed by atoms with Gasteiger partial charge in [-0.3, -0.25) is 0 Å². The molecule has 0 saturated carbocycles. The molecule has 4 heteroatoms. The van der Waals surface area contributed by atoms with Crippen LogP contribution in [0.2, 0.25) is 0 Å². The molecule has 0 aliphatic carbocycles. The highest BCUT2D eigenvalue weighted by molar-refractivity contribution is 9.10. The Kier molecular flexibility index (Phi) is 6.68. The summed E-state index contributed by atoms with van der Waals surface area (Å²) in [7, 11) is 2.05. The zero-order valence-corrected chi connectivity index (χ0v) is 13.0. The fraction of sp³-hybridized carbons (Fsp3) is 0.571. The molecule has 0 saturated heterocycles. The maximum atomic E-state index is 8.84. The predicted molar refractivity (Wildman–Crippen MR) is 81.1 cm³/mol. The summed E-state index contributed by atoms with van der Waals surface area (Å²) in [5.41, 5.74) is 2.44. The van der Waals surface area contributed by atoms with Gasteiger partial charge in [-0.05, 0) is 24.1 Å². The molecule has 18 heavy (non-hydrogen) atoms. The first-order valence-electron chi connectivity index (χ1n) is 6.38. The number of rotatable bonds is 7. The molecule has 0 heterocycles. The van der Waals surface area contributed by atoms with Crippen LogP contribution in [-0.4, -0.2) is 31.3 Å². The number of halogens is 1. The van der Waals surface area contributed by atoms with E-state index in [4.69, 9.17) is 5.11 Å². The number of hydrogen-bond acceptors (Lipinski definition) is 3. The number of aliphatic hydroxyl groups is 1. The van der Waals surface area contributed by atoms with Crippen LogP contribution in [0.3, 0.4) is 0 Å². The molecule has 0 fully saturated rings. The van der Waals surface area contributed by atoms with E-state index in [2.05, 4.69) is 58.2 Å². The van der Waals surface area contributed by atoms with Crippen molar-refractivity contribution in [1.82, 2.24) is 5.32 Å². The van der Waals surface area contributed by atoms with Crippen molar-refractivity contribution in [1.29, 1.82) is 0 Å². The van der Waals surface area contributed by atoms with E-state index >= 15 is 0 Å². The molecule has 0 aromatic heterocycles. The lowest BCUT2D eigenvalue weighted by Crippen LogP contribution is -2.22. The second-order valence-corrected chi connectivity index (χ2v) is 5.66. The molecule has 1 aromatic rings. The number of anilines is 1. The molecular weight excluding hydrogens is 292 g/mol. The van der Waals surface area contributed by atoms with Gasteiger partial charge in [-0.2, -0.15) is 0 Å². The van der Waals surface area contributed by atoms with Crippen LogP contribution in [0, 0.1) is 0 Å². The van der Waals surface area contributed by atoms with Crippen LogP contribution in [0.5, 0.6) is 0 Å². The summed E-state index contributed by atoms with van der Waals surface area (Å²) in [6, 6.07) is 6.89. The van der Waals surface area contributed by atoms with E-state index in [0.29, 0.717) is 6.04 Å². The van der Waals surface area contributed by atoms with Crippen LogP contribution >= 0.6 is 15.9 Å². The second-order valence-electron chi connectivity index (χ2n) is 4.81. The highest BCUT2D eigenvalue weighted by Gasteiger charge is 2.05. The Morgan fingerprint density at radius 3 is 2.67 bits per heavy atom. The molecule has 1 rings (SSSR count). The van der Waals surface area contributed by atoms with E-state index in [1.165, 1.54) is 11.3 Å². The SMILES string of the molecule is CC(C)NCc1ccc(N(C)CCCO)cc1Br. The molecule has 0 spiro atoms. The zero-order valence-electron chi connectivity index (χ0n) is 11.4. The molecule has 0 radical (unpaired) electrons. The first-order valence-corrected chi connectivity index (χ1v) is 7.17. The number of nitrogens with zero attached hydrogens (tertiary/aromatic N) is 1. The highest BCUT2D eigenvalue weighted by atomic mass is 79.9. The minimum Gasteiger partial charge on any atom is -0.396 e. The number of aliphatic hydroxyl groups excluding tert-OH is 1. The predicted octanol–water partition coefficient (Wildman–Crippen LogP) is 2.77. The van der Waals surface area contributed by atoms with Gasteiger partial charge in [0.1, 0.15) is 0 Å². The molecule has 0 aliphatic heterocycles. The third-order valence-electron chi connectivity index (χ3n) is 2.83. The van der Waals surface area contributed by atoms with Gasteiger partial charge in [0.2, 0.25) is 0 Å². The van der Waals surface area contributed by atoms with Crippen molar-refractivity contribution >= 4 is 21.6 Å². The lowest BCUT2D eigenvalue weighted by Gasteiger charge is -2.20. The van der Waals surface area contributed by atoms with Gasteiger partial charge in [-0.15, -0.1) is 0 Å². The second kappa shape index (κ2) is 7.77. The molecule has 3 nitrogen and oxygen atoms in total. The highest BCUT2D eigenvalue weighted by Crippen LogP contribution is 2.23. The zero-order chi connectivity index (χ0) is 13.5. The molecule has 0 aliphatic rings. The molecular formula is C14H23BrN2O. The summed E-state index contributed by atoms with van der Waals surface area (Å²) in [6.07, 6.45) is 0.796. The van der Waals surface area contributed by atoms with Crippen LogP contribution in [0.1, 0.15) is 25.8 Å². The Hall–Kier alpha value is -0.580. The van der Waals surface area contributed by atoms with E-state index in [1.807, 2.05) is 7.05 Å². The van der Waals surface area contributed by atoms with Crippen LogP contribution < -0.4 is 10.2 Å². The first kappa shape index (κ1) is 15.5. The van der Waals surface area contributed by atoms with Gasteiger partial charge in [-0.25, -0.2) is 0 Å². The van der Waals surface area contributed by atoms with Crippen molar-refractivity contribution in [2.45, 2.75) is 32.9 Å². The number of benzene rings is 1. The van der Waals surface area contributed by atoms with Gasteiger partial charge in [0.25, 0.3) is 0 Å². The van der Waals surface area contributed by atoms with Crippen molar-refractivity contribution < 1.29 is 5.11 Å². The summed E-state index contributed by atoms with van der Waals surface area (Å²) < 4.78 is 1.13. The van der Waals surface area contributed by atoms with Gasteiger partial charge >= 0.3 is 0 Å². The maximum Gasteiger partial charge on any atom is 0.0447 e. The van der Waals surface area contributed by atoms with Crippen LogP contribution in [0.4, 0.5) is 5.69 Å². The average Bonchev–Trinajstić information content (AvgIpc) is 2.34. The lowest BCUT2D eigenvalue weighted by atomic mass is 10.2. The smallest absolute Gasteiger partial charge is 0.0447 e. The van der Waals surface area contributed by atoms with E-state index in [1.54, 1.807) is 0 Å². The summed E-state index contributed by atoms with van der Waals surface area (Å²) in [5, 5.41) is 12.2. The molecule has 102 valence electrons. The van der Waals surface area contributed by atoms with Crippen LogP contribution in [-0.2, 0) is 6.54 Å². The largest absolute Gasteiger partial charge is 0.396 e. The standard InChI is InChI=1S/C14H23BrN2O/c1-11(2)16-10-12-5-6-13(9-14(12)15)17(3)7-4-8-18/h5-6,9,11,16,18H,4,7-8,10H2,1-3H3. The fourth-order valence-corrected chi connectivity index (χ4v) is 2.17. The fourth-order valence-electron chi connectivity index (χ4n) is 1.67. The summed E-state index contributed by atoms with van der Waals surface area (Å²) in [6.45, 7) is 6.27. The van der Waals surface area contributed by atoms with E-state index in [-0.39, 0.29) is 6.61 Å². The molecule has 0 unspecified atom stereocenters. The van der Waals surface area contributed by atoms with Crippen molar-refractivity contribution in [3.05, 3.63) is 28.2 Å². The Bertz CT molecular complexity index is 369. The third kappa shape index (κ3) is 4.96. The van der Waals surface area contributed by atoms with Gasteiger partial charge in [0, 0.05) is 42.9 Å². The Morgan fingerprint density at radius 1 is 1.39 bits per heavy atom. The summed E-state index contributed by atoms with van der Waals surface area (Å²) in [4.78, 5) is 2.15. The van der Waals surface area contributed by atoms with Crippen LogP contribution in [0.15, 0.2) is 22.7 Å².